The molecule has 30 heavy (non-hydrogen) atoms. The molecule has 1 saturated heterocycles. The average Bonchev–Trinajstić information content (AvgIpc) is 3.23. The number of aromatic nitrogens is 3. The third-order valence-corrected chi connectivity index (χ3v) is 6.65. The number of benzene rings is 2. The number of aromatic amines is 1. The molecular weight excluding hydrogens is 390 g/mol. The minimum absolute atomic E-state index is 0.749. The highest BCUT2D eigenvalue weighted by molar-refractivity contribution is 7.98. The van der Waals surface area contributed by atoms with Crippen LogP contribution in [0.25, 0.3) is 33.4 Å². The van der Waals surface area contributed by atoms with Crippen molar-refractivity contribution in [2.75, 3.05) is 44.4 Å². The molecule has 152 valence electrons. The van der Waals surface area contributed by atoms with Gasteiger partial charge in [-0.15, -0.1) is 11.8 Å². The summed E-state index contributed by atoms with van der Waals surface area (Å²) in [6, 6.07) is 19.5. The number of nitrogens with zero attached hydrogens (tertiary/aromatic N) is 4. The maximum atomic E-state index is 4.61. The van der Waals surface area contributed by atoms with Crippen molar-refractivity contribution in [1.82, 2.24) is 20.1 Å². The predicted octanol–water partition coefficient (Wildman–Crippen LogP) is 4.77. The first-order valence-corrected chi connectivity index (χ1v) is 11.5. The molecule has 2 aromatic carbocycles. The second kappa shape index (κ2) is 8.13. The van der Waals surface area contributed by atoms with Crippen LogP contribution in [0, 0.1) is 0 Å². The summed E-state index contributed by atoms with van der Waals surface area (Å²) in [5.74, 6) is 0. The minimum Gasteiger partial charge on any atom is -0.369 e. The predicted molar refractivity (Wildman–Crippen MR) is 126 cm³/mol. The van der Waals surface area contributed by atoms with E-state index in [-0.39, 0.29) is 0 Å². The summed E-state index contributed by atoms with van der Waals surface area (Å²) >= 11 is 1.74. The van der Waals surface area contributed by atoms with Crippen LogP contribution in [-0.4, -0.2) is 59.6 Å². The lowest BCUT2D eigenvalue weighted by Crippen LogP contribution is -2.44. The van der Waals surface area contributed by atoms with Gasteiger partial charge in [0.25, 0.3) is 0 Å². The van der Waals surface area contributed by atoms with E-state index < -0.39 is 0 Å². The van der Waals surface area contributed by atoms with Crippen molar-refractivity contribution in [3.05, 3.63) is 60.8 Å². The maximum absolute atomic E-state index is 4.61. The van der Waals surface area contributed by atoms with Gasteiger partial charge in [-0.2, -0.15) is 5.10 Å². The van der Waals surface area contributed by atoms with E-state index >= 15 is 0 Å². The molecule has 5 nitrogen and oxygen atoms in total. The van der Waals surface area contributed by atoms with Crippen molar-refractivity contribution in [1.29, 1.82) is 0 Å². The van der Waals surface area contributed by atoms with E-state index in [2.05, 4.69) is 92.9 Å². The molecule has 0 atom stereocenters. The summed E-state index contributed by atoms with van der Waals surface area (Å²) in [4.78, 5) is 10.7. The number of likely N-dealkylation sites (N-methyl/N-ethyl adjacent to an activating group) is 1. The Morgan fingerprint density at radius 3 is 2.47 bits per heavy atom. The Balaban J connectivity index is 1.48. The van der Waals surface area contributed by atoms with Crippen molar-refractivity contribution in [3.8, 4) is 22.4 Å². The molecular formula is C24H25N5S. The van der Waals surface area contributed by atoms with E-state index in [9.17, 15) is 0 Å². The fourth-order valence-electron chi connectivity index (χ4n) is 4.04. The largest absolute Gasteiger partial charge is 0.369 e. The average molecular weight is 416 g/mol. The summed E-state index contributed by atoms with van der Waals surface area (Å²) in [5.41, 5.74) is 6.51. The quantitative estimate of drug-likeness (QED) is 0.487. The van der Waals surface area contributed by atoms with Crippen LogP contribution in [0.3, 0.4) is 0 Å². The standard InChI is InChI=1S/C24H25N5S/c1-28-11-13-29(14-12-28)19-9-7-17(8-10-19)18-15-21-23(26-27-24(21)25-16-18)20-5-3-4-6-22(20)30-2/h3-10,15-16H,11-14H2,1-2H3,(H,25,26,27). The third kappa shape index (κ3) is 3.57. The molecule has 5 rings (SSSR count). The SMILES string of the molecule is CSc1ccccc1-c1[nH]nc2ncc(-c3ccc(N4CCN(C)CC4)cc3)cc12. The van der Waals surface area contributed by atoms with Gasteiger partial charge in [0.15, 0.2) is 5.65 Å². The van der Waals surface area contributed by atoms with Gasteiger partial charge in [0.1, 0.15) is 0 Å². The Morgan fingerprint density at radius 1 is 0.933 bits per heavy atom. The Labute approximate surface area is 181 Å². The van der Waals surface area contributed by atoms with Gasteiger partial charge in [-0.25, -0.2) is 4.98 Å². The van der Waals surface area contributed by atoms with Crippen LogP contribution in [0.15, 0.2) is 65.7 Å². The van der Waals surface area contributed by atoms with Crippen molar-refractivity contribution in [2.24, 2.45) is 0 Å². The minimum atomic E-state index is 0.749. The Bertz CT molecular complexity index is 1160. The fourth-order valence-corrected chi connectivity index (χ4v) is 4.65. The molecule has 0 spiro atoms. The number of nitrogens with one attached hydrogen (secondary N) is 1. The number of anilines is 1. The molecule has 1 aliphatic heterocycles. The second-order valence-electron chi connectivity index (χ2n) is 7.73. The number of rotatable bonds is 4. The Kier molecular flexibility index (Phi) is 5.19. The smallest absolute Gasteiger partial charge is 0.181 e. The van der Waals surface area contributed by atoms with E-state index in [0.29, 0.717) is 0 Å². The molecule has 1 fully saturated rings. The van der Waals surface area contributed by atoms with Crippen molar-refractivity contribution in [2.45, 2.75) is 4.90 Å². The third-order valence-electron chi connectivity index (χ3n) is 5.85. The first-order valence-electron chi connectivity index (χ1n) is 10.2. The topological polar surface area (TPSA) is 48.1 Å². The molecule has 0 bridgehead atoms. The van der Waals surface area contributed by atoms with Gasteiger partial charge < -0.3 is 9.80 Å². The Hall–Kier alpha value is -2.83. The van der Waals surface area contributed by atoms with E-state index in [1.165, 1.54) is 16.1 Å². The molecule has 0 amide bonds. The number of piperazine rings is 1. The first kappa shape index (κ1) is 19.2. The summed E-state index contributed by atoms with van der Waals surface area (Å²) in [6.45, 7) is 4.39. The molecule has 4 aromatic rings. The van der Waals surface area contributed by atoms with Gasteiger partial charge in [0, 0.05) is 59.5 Å². The van der Waals surface area contributed by atoms with Crippen LogP contribution in [-0.2, 0) is 0 Å². The highest BCUT2D eigenvalue weighted by Crippen LogP contribution is 2.34. The number of hydrogen-bond acceptors (Lipinski definition) is 5. The number of H-pyrrole nitrogens is 1. The lowest BCUT2D eigenvalue weighted by atomic mass is 10.0. The normalized spacial score (nSPS) is 15.1. The summed E-state index contributed by atoms with van der Waals surface area (Å²) in [5, 5.41) is 8.69. The highest BCUT2D eigenvalue weighted by Gasteiger charge is 2.15. The lowest BCUT2D eigenvalue weighted by molar-refractivity contribution is 0.313. The zero-order chi connectivity index (χ0) is 20.5. The van der Waals surface area contributed by atoms with Crippen LogP contribution in [0.2, 0.25) is 0 Å². The molecule has 1 N–H and O–H groups in total. The molecule has 0 radical (unpaired) electrons. The van der Waals surface area contributed by atoms with E-state index in [1.54, 1.807) is 11.8 Å². The number of hydrogen-bond donors (Lipinski definition) is 1. The van der Waals surface area contributed by atoms with Crippen LogP contribution in [0.4, 0.5) is 5.69 Å². The van der Waals surface area contributed by atoms with Crippen LogP contribution < -0.4 is 4.90 Å². The molecule has 6 heteroatoms. The van der Waals surface area contributed by atoms with Crippen molar-refractivity contribution >= 4 is 28.5 Å². The van der Waals surface area contributed by atoms with Gasteiger partial charge in [0.2, 0.25) is 0 Å². The highest BCUT2D eigenvalue weighted by atomic mass is 32.2. The van der Waals surface area contributed by atoms with Gasteiger partial charge in [-0.05, 0) is 43.1 Å². The Morgan fingerprint density at radius 2 is 1.70 bits per heavy atom. The summed E-state index contributed by atoms with van der Waals surface area (Å²) in [6.07, 6.45) is 4.02. The first-order chi connectivity index (χ1) is 14.7. The van der Waals surface area contributed by atoms with E-state index in [4.69, 9.17) is 0 Å². The molecule has 0 unspecified atom stereocenters. The molecule has 0 aliphatic carbocycles. The monoisotopic (exact) mass is 415 g/mol. The maximum Gasteiger partial charge on any atom is 0.181 e. The zero-order valence-electron chi connectivity index (χ0n) is 17.3. The van der Waals surface area contributed by atoms with Crippen LogP contribution >= 0.6 is 11.8 Å². The summed E-state index contributed by atoms with van der Waals surface area (Å²) < 4.78 is 0. The number of thioether (sulfide) groups is 1. The van der Waals surface area contributed by atoms with Crippen molar-refractivity contribution < 1.29 is 0 Å². The van der Waals surface area contributed by atoms with Gasteiger partial charge in [0.05, 0.1) is 5.69 Å². The van der Waals surface area contributed by atoms with E-state index in [0.717, 1.165) is 54.0 Å². The van der Waals surface area contributed by atoms with Gasteiger partial charge in [-0.3, -0.25) is 5.10 Å². The fraction of sp³-hybridized carbons (Fsp3) is 0.250. The van der Waals surface area contributed by atoms with E-state index in [1.807, 2.05) is 6.20 Å². The second-order valence-corrected chi connectivity index (χ2v) is 8.58. The van der Waals surface area contributed by atoms with Gasteiger partial charge >= 0.3 is 0 Å². The molecule has 2 aromatic heterocycles. The number of pyridine rings is 1. The van der Waals surface area contributed by atoms with Crippen LogP contribution in [0.1, 0.15) is 0 Å². The van der Waals surface area contributed by atoms with Crippen LogP contribution in [0.5, 0.6) is 0 Å². The summed E-state index contributed by atoms with van der Waals surface area (Å²) in [7, 11) is 2.19. The zero-order valence-corrected chi connectivity index (χ0v) is 18.1. The molecule has 3 heterocycles. The molecule has 0 saturated carbocycles. The molecule has 1 aliphatic rings. The van der Waals surface area contributed by atoms with Gasteiger partial charge in [-0.1, -0.05) is 30.3 Å². The van der Waals surface area contributed by atoms with Crippen molar-refractivity contribution in [3.63, 3.8) is 0 Å². The lowest BCUT2D eigenvalue weighted by Gasteiger charge is -2.34. The number of fused-ring (bicyclic) bond motifs is 1.